The molecule has 0 unspecified atom stereocenters. The second kappa shape index (κ2) is 9.39. The van der Waals surface area contributed by atoms with Gasteiger partial charge in [-0.25, -0.2) is 19.5 Å². The van der Waals surface area contributed by atoms with E-state index in [2.05, 4.69) is 22.0 Å². The highest BCUT2D eigenvalue weighted by atomic mass is 16.6. The number of carbonyl (C=O) groups excluding carboxylic acids is 2. The van der Waals surface area contributed by atoms with Gasteiger partial charge in [0, 0.05) is 36.7 Å². The number of rotatable bonds is 5. The standard InChI is InChI=1S/C28H38N6O4/c1-27(2,3)37-25(35)33(26(36)38-28(4,5)6)15-17-12-20(13-17)34-16-21(23(31-34)18-8-9-18)22-11-10-19-14-29-32(7)24(19)30-22/h10-11,14,16-18,20H,8-9,12-13,15H2,1-7H3. The Balaban J connectivity index is 1.31. The molecule has 10 nitrogen and oxygen atoms in total. The van der Waals surface area contributed by atoms with Gasteiger partial charge in [0.05, 0.1) is 23.6 Å². The highest BCUT2D eigenvalue weighted by Gasteiger charge is 2.39. The van der Waals surface area contributed by atoms with Gasteiger partial charge in [-0.05, 0) is 85.3 Å². The van der Waals surface area contributed by atoms with Gasteiger partial charge in [-0.3, -0.25) is 9.36 Å². The van der Waals surface area contributed by atoms with E-state index in [1.165, 1.54) is 0 Å². The number of ether oxygens (including phenoxy) is 2. The third-order valence-electron chi connectivity index (χ3n) is 6.84. The van der Waals surface area contributed by atoms with E-state index in [1.807, 2.05) is 19.3 Å². The van der Waals surface area contributed by atoms with E-state index < -0.39 is 23.4 Å². The molecule has 0 bridgehead atoms. The Kier molecular flexibility index (Phi) is 6.47. The van der Waals surface area contributed by atoms with Crippen molar-refractivity contribution in [3.8, 4) is 11.3 Å². The quantitative estimate of drug-likeness (QED) is 0.415. The number of hydrogen-bond acceptors (Lipinski definition) is 7. The van der Waals surface area contributed by atoms with Gasteiger partial charge < -0.3 is 9.47 Å². The van der Waals surface area contributed by atoms with Crippen LogP contribution < -0.4 is 0 Å². The van der Waals surface area contributed by atoms with Crippen LogP contribution in [0.2, 0.25) is 0 Å². The minimum atomic E-state index is -0.712. The first-order valence-corrected chi connectivity index (χ1v) is 13.4. The van der Waals surface area contributed by atoms with Crippen LogP contribution in [-0.2, 0) is 16.5 Å². The van der Waals surface area contributed by atoms with Crippen molar-refractivity contribution in [1.29, 1.82) is 0 Å². The number of pyridine rings is 1. The molecule has 2 aliphatic rings. The molecule has 3 heterocycles. The minimum absolute atomic E-state index is 0.140. The Bertz CT molecular complexity index is 1320. The Morgan fingerprint density at radius 1 is 1.03 bits per heavy atom. The number of amides is 2. The number of hydrogen-bond donors (Lipinski definition) is 0. The van der Waals surface area contributed by atoms with Gasteiger partial charge in [0.15, 0.2) is 5.65 Å². The van der Waals surface area contributed by atoms with E-state index in [0.29, 0.717) is 5.92 Å². The van der Waals surface area contributed by atoms with E-state index in [4.69, 9.17) is 19.6 Å². The number of aryl methyl sites for hydroxylation is 1. The third kappa shape index (κ3) is 5.68. The summed E-state index contributed by atoms with van der Waals surface area (Å²) in [6.07, 6.45) is 6.48. The maximum absolute atomic E-state index is 12.9. The van der Waals surface area contributed by atoms with Crippen molar-refractivity contribution in [1.82, 2.24) is 29.4 Å². The highest BCUT2D eigenvalue weighted by molar-refractivity contribution is 5.88. The van der Waals surface area contributed by atoms with Crippen molar-refractivity contribution in [3.63, 3.8) is 0 Å². The van der Waals surface area contributed by atoms with Crippen molar-refractivity contribution >= 4 is 23.2 Å². The first kappa shape index (κ1) is 26.2. The summed E-state index contributed by atoms with van der Waals surface area (Å²) < 4.78 is 14.9. The normalized spacial score (nSPS) is 19.8. The molecule has 5 rings (SSSR count). The number of carbonyl (C=O) groups is 2. The molecule has 3 aromatic rings. The summed E-state index contributed by atoms with van der Waals surface area (Å²) in [7, 11) is 1.90. The van der Waals surface area contributed by atoms with Crippen LogP contribution in [0.1, 0.15) is 84.9 Å². The van der Waals surface area contributed by atoms with Crippen molar-refractivity contribution in [2.75, 3.05) is 6.54 Å². The molecule has 2 amide bonds. The topological polar surface area (TPSA) is 104 Å². The number of aromatic nitrogens is 5. The molecule has 0 atom stereocenters. The molecule has 2 saturated carbocycles. The van der Waals surface area contributed by atoms with Gasteiger partial charge >= 0.3 is 12.2 Å². The number of fused-ring (bicyclic) bond motifs is 1. The van der Waals surface area contributed by atoms with Crippen LogP contribution in [0.25, 0.3) is 22.3 Å². The monoisotopic (exact) mass is 522 g/mol. The van der Waals surface area contributed by atoms with Crippen molar-refractivity contribution in [2.45, 2.75) is 90.4 Å². The van der Waals surface area contributed by atoms with Crippen LogP contribution in [0, 0.1) is 5.92 Å². The Labute approximate surface area is 223 Å². The maximum atomic E-state index is 12.9. The zero-order chi connectivity index (χ0) is 27.4. The van der Waals surface area contributed by atoms with Gasteiger partial charge in [0.2, 0.25) is 0 Å². The molecular weight excluding hydrogens is 484 g/mol. The first-order valence-electron chi connectivity index (χ1n) is 13.4. The first-order chi connectivity index (χ1) is 17.8. The lowest BCUT2D eigenvalue weighted by Crippen LogP contribution is -2.47. The van der Waals surface area contributed by atoms with Crippen LogP contribution in [0.5, 0.6) is 0 Å². The molecule has 10 heteroatoms. The fourth-order valence-electron chi connectivity index (χ4n) is 4.80. The van der Waals surface area contributed by atoms with Gasteiger partial charge in [-0.1, -0.05) is 0 Å². The molecule has 0 N–H and O–H groups in total. The SMILES string of the molecule is Cn1ncc2ccc(-c3cn(C4CC(CN(C(=O)OC(C)(C)C)C(=O)OC(C)(C)C)C4)nc3C3CC3)nc21. The van der Waals surface area contributed by atoms with Crippen LogP contribution in [0.4, 0.5) is 9.59 Å². The maximum Gasteiger partial charge on any atom is 0.419 e. The highest BCUT2D eigenvalue weighted by Crippen LogP contribution is 2.46. The molecule has 3 aromatic heterocycles. The lowest BCUT2D eigenvalue weighted by molar-refractivity contribution is -0.00641. The lowest BCUT2D eigenvalue weighted by atomic mass is 9.80. The Morgan fingerprint density at radius 3 is 2.24 bits per heavy atom. The summed E-state index contributed by atoms with van der Waals surface area (Å²) in [5.41, 5.74) is 2.51. The van der Waals surface area contributed by atoms with Crippen LogP contribution >= 0.6 is 0 Å². The predicted octanol–water partition coefficient (Wildman–Crippen LogP) is 5.83. The zero-order valence-corrected chi connectivity index (χ0v) is 23.4. The largest absolute Gasteiger partial charge is 0.443 e. The Morgan fingerprint density at radius 2 is 1.66 bits per heavy atom. The molecule has 2 fully saturated rings. The summed E-state index contributed by atoms with van der Waals surface area (Å²) >= 11 is 0. The van der Waals surface area contributed by atoms with Crippen molar-refractivity contribution < 1.29 is 19.1 Å². The number of imide groups is 1. The van der Waals surface area contributed by atoms with Gasteiger partial charge in [-0.2, -0.15) is 10.2 Å². The van der Waals surface area contributed by atoms with E-state index in [9.17, 15) is 9.59 Å². The van der Waals surface area contributed by atoms with Crippen molar-refractivity contribution in [2.24, 2.45) is 13.0 Å². The fraction of sp³-hybridized carbons (Fsp3) is 0.607. The second-order valence-corrected chi connectivity index (χ2v) is 12.6. The Hall–Kier alpha value is -3.43. The minimum Gasteiger partial charge on any atom is -0.443 e. The molecule has 0 spiro atoms. The van der Waals surface area contributed by atoms with Gasteiger partial charge in [0.25, 0.3) is 0 Å². The average Bonchev–Trinajstić information content (AvgIpc) is 3.42. The van der Waals surface area contributed by atoms with Crippen LogP contribution in [0.15, 0.2) is 24.5 Å². The van der Waals surface area contributed by atoms with Crippen molar-refractivity contribution in [3.05, 3.63) is 30.2 Å². The molecule has 38 heavy (non-hydrogen) atoms. The smallest absolute Gasteiger partial charge is 0.419 e. The molecule has 0 aromatic carbocycles. The summed E-state index contributed by atoms with van der Waals surface area (Å²) in [6.45, 7) is 11.0. The molecule has 0 aliphatic heterocycles. The van der Waals surface area contributed by atoms with Crippen LogP contribution in [-0.4, -0.2) is 59.4 Å². The number of nitrogens with zero attached hydrogens (tertiary/aromatic N) is 6. The summed E-state index contributed by atoms with van der Waals surface area (Å²) in [5.74, 6) is 0.613. The van der Waals surface area contributed by atoms with E-state index in [-0.39, 0.29) is 18.5 Å². The van der Waals surface area contributed by atoms with E-state index in [1.54, 1.807) is 46.2 Å². The fourth-order valence-corrected chi connectivity index (χ4v) is 4.80. The zero-order valence-electron chi connectivity index (χ0n) is 23.4. The predicted molar refractivity (Wildman–Crippen MR) is 143 cm³/mol. The molecule has 0 saturated heterocycles. The summed E-state index contributed by atoms with van der Waals surface area (Å²) in [4.78, 5) is 31.7. The van der Waals surface area contributed by atoms with Gasteiger partial charge in [-0.15, -0.1) is 0 Å². The molecular formula is C28H38N6O4. The summed E-state index contributed by atoms with van der Waals surface area (Å²) in [6, 6.07) is 4.30. The molecule has 204 valence electrons. The molecule has 2 aliphatic carbocycles. The van der Waals surface area contributed by atoms with Crippen LogP contribution in [0.3, 0.4) is 0 Å². The van der Waals surface area contributed by atoms with E-state index >= 15 is 0 Å². The lowest BCUT2D eigenvalue weighted by Gasteiger charge is -2.38. The van der Waals surface area contributed by atoms with Gasteiger partial charge in [0.1, 0.15) is 11.2 Å². The third-order valence-corrected chi connectivity index (χ3v) is 6.84. The van der Waals surface area contributed by atoms with E-state index in [0.717, 1.165) is 58.6 Å². The second-order valence-electron chi connectivity index (χ2n) is 12.6. The average molecular weight is 523 g/mol. The summed E-state index contributed by atoms with van der Waals surface area (Å²) in [5, 5.41) is 10.3. The molecule has 0 radical (unpaired) electrons.